The molecule has 1 saturated heterocycles. The van der Waals surface area contributed by atoms with Crippen LogP contribution < -0.4 is 4.74 Å². The van der Waals surface area contributed by atoms with Gasteiger partial charge in [0.05, 0.1) is 25.7 Å². The zero-order valence-electron chi connectivity index (χ0n) is 14.7. The molecule has 134 valence electrons. The van der Waals surface area contributed by atoms with E-state index < -0.39 is 11.5 Å². The van der Waals surface area contributed by atoms with Crippen LogP contribution >= 0.6 is 0 Å². The molecular weight excluding hydrogens is 306 g/mol. The third kappa shape index (κ3) is 4.28. The Kier molecular flexibility index (Phi) is 6.63. The van der Waals surface area contributed by atoms with Crippen LogP contribution in [0.25, 0.3) is 0 Å². The summed E-state index contributed by atoms with van der Waals surface area (Å²) in [6, 6.07) is 7.57. The molecule has 24 heavy (non-hydrogen) atoms. The van der Waals surface area contributed by atoms with Crippen molar-refractivity contribution in [2.24, 2.45) is 5.41 Å². The second kappa shape index (κ2) is 8.49. The largest absolute Gasteiger partial charge is 0.494 e. The van der Waals surface area contributed by atoms with Gasteiger partial charge in [-0.05, 0) is 37.5 Å². The number of piperidine rings is 1. The Hall–Kier alpha value is -1.59. The summed E-state index contributed by atoms with van der Waals surface area (Å²) in [7, 11) is 0. The molecule has 1 aromatic carbocycles. The third-order valence-electron chi connectivity index (χ3n) is 4.89. The van der Waals surface area contributed by atoms with Crippen molar-refractivity contribution < 1.29 is 19.7 Å². The SMILES string of the molecule is CCC[C@@]1(CO)CN(C(=O)Cc2ccc(OCC)cc2)CC[C@H]1O. The van der Waals surface area contributed by atoms with E-state index in [2.05, 4.69) is 0 Å². The average Bonchev–Trinajstić information content (AvgIpc) is 2.59. The van der Waals surface area contributed by atoms with Crippen LogP contribution in [0.5, 0.6) is 5.75 Å². The zero-order chi connectivity index (χ0) is 17.6. The van der Waals surface area contributed by atoms with Crippen molar-refractivity contribution >= 4 is 5.91 Å². The Balaban J connectivity index is 2.01. The molecule has 1 aromatic rings. The molecule has 0 aliphatic carbocycles. The standard InChI is InChI=1S/C19H29NO4/c1-3-10-19(14-21)13-20(11-9-17(19)22)18(23)12-15-5-7-16(8-6-15)24-4-2/h5-8,17,21-22H,3-4,9-14H2,1-2H3/t17-,19+/m1/s1. The number of ether oxygens (including phenoxy) is 1. The molecule has 2 atom stereocenters. The monoisotopic (exact) mass is 335 g/mol. The van der Waals surface area contributed by atoms with Crippen LogP contribution in [-0.4, -0.2) is 53.4 Å². The maximum Gasteiger partial charge on any atom is 0.227 e. The highest BCUT2D eigenvalue weighted by molar-refractivity contribution is 5.79. The molecule has 0 radical (unpaired) electrons. The van der Waals surface area contributed by atoms with Crippen molar-refractivity contribution in [2.45, 2.75) is 45.6 Å². The number of carbonyl (C=O) groups is 1. The summed E-state index contributed by atoms with van der Waals surface area (Å²) < 4.78 is 5.41. The molecule has 0 spiro atoms. The van der Waals surface area contributed by atoms with Crippen LogP contribution in [0.15, 0.2) is 24.3 Å². The lowest BCUT2D eigenvalue weighted by Gasteiger charge is -2.45. The van der Waals surface area contributed by atoms with Crippen molar-refractivity contribution in [1.82, 2.24) is 4.90 Å². The first-order valence-corrected chi connectivity index (χ1v) is 8.83. The highest BCUT2D eigenvalue weighted by atomic mass is 16.5. The third-order valence-corrected chi connectivity index (χ3v) is 4.89. The lowest BCUT2D eigenvalue weighted by atomic mass is 9.74. The van der Waals surface area contributed by atoms with Gasteiger partial charge in [0.2, 0.25) is 5.91 Å². The summed E-state index contributed by atoms with van der Waals surface area (Å²) in [4.78, 5) is 14.4. The second-order valence-electron chi connectivity index (χ2n) is 6.64. The van der Waals surface area contributed by atoms with Crippen molar-refractivity contribution in [3.05, 3.63) is 29.8 Å². The van der Waals surface area contributed by atoms with Crippen molar-refractivity contribution in [2.75, 3.05) is 26.3 Å². The molecule has 2 N–H and O–H groups in total. The maximum absolute atomic E-state index is 12.6. The number of aliphatic hydroxyl groups is 2. The van der Waals surface area contributed by atoms with Gasteiger partial charge in [0, 0.05) is 18.5 Å². The molecule has 0 aromatic heterocycles. The average molecular weight is 335 g/mol. The van der Waals surface area contributed by atoms with Gasteiger partial charge < -0.3 is 19.8 Å². The second-order valence-corrected chi connectivity index (χ2v) is 6.64. The van der Waals surface area contributed by atoms with Gasteiger partial charge in [-0.1, -0.05) is 25.5 Å². The van der Waals surface area contributed by atoms with Gasteiger partial charge in [-0.3, -0.25) is 4.79 Å². The number of rotatable bonds is 7. The van der Waals surface area contributed by atoms with Gasteiger partial charge in [0.25, 0.3) is 0 Å². The summed E-state index contributed by atoms with van der Waals surface area (Å²) in [6.07, 6.45) is 1.90. The fourth-order valence-corrected chi connectivity index (χ4v) is 3.50. The van der Waals surface area contributed by atoms with Gasteiger partial charge in [-0.2, -0.15) is 0 Å². The van der Waals surface area contributed by atoms with E-state index in [-0.39, 0.29) is 12.5 Å². The lowest BCUT2D eigenvalue weighted by molar-refractivity contribution is -0.141. The molecule has 1 heterocycles. The molecule has 0 bridgehead atoms. The minimum Gasteiger partial charge on any atom is -0.494 e. The Bertz CT molecular complexity index is 531. The fourth-order valence-electron chi connectivity index (χ4n) is 3.50. The normalized spacial score (nSPS) is 24.0. The van der Waals surface area contributed by atoms with Crippen LogP contribution in [0.2, 0.25) is 0 Å². The predicted octanol–water partition coefficient (Wildman–Crippen LogP) is 2.00. The van der Waals surface area contributed by atoms with E-state index in [0.717, 1.165) is 24.2 Å². The van der Waals surface area contributed by atoms with Crippen molar-refractivity contribution in [3.8, 4) is 5.75 Å². The summed E-state index contributed by atoms with van der Waals surface area (Å²) >= 11 is 0. The Labute approximate surface area is 144 Å². The van der Waals surface area contributed by atoms with Gasteiger partial charge in [-0.25, -0.2) is 0 Å². The maximum atomic E-state index is 12.6. The number of aliphatic hydroxyl groups excluding tert-OH is 2. The van der Waals surface area contributed by atoms with Gasteiger partial charge in [-0.15, -0.1) is 0 Å². The van der Waals surface area contributed by atoms with E-state index in [9.17, 15) is 15.0 Å². The zero-order valence-corrected chi connectivity index (χ0v) is 14.7. The molecular formula is C19H29NO4. The highest BCUT2D eigenvalue weighted by Gasteiger charge is 2.42. The van der Waals surface area contributed by atoms with E-state index in [0.29, 0.717) is 32.5 Å². The summed E-state index contributed by atoms with van der Waals surface area (Å²) in [5.41, 5.74) is 0.362. The molecule has 1 fully saturated rings. The van der Waals surface area contributed by atoms with Gasteiger partial charge in [0.15, 0.2) is 0 Å². The molecule has 5 heteroatoms. The number of nitrogens with zero attached hydrogens (tertiary/aromatic N) is 1. The first-order valence-electron chi connectivity index (χ1n) is 8.83. The number of hydrogen-bond acceptors (Lipinski definition) is 4. The molecule has 5 nitrogen and oxygen atoms in total. The van der Waals surface area contributed by atoms with E-state index in [1.165, 1.54) is 0 Å². The number of amides is 1. The number of carbonyl (C=O) groups excluding carboxylic acids is 1. The number of benzene rings is 1. The lowest BCUT2D eigenvalue weighted by Crippen LogP contribution is -2.55. The minimum absolute atomic E-state index is 0.0417. The molecule has 2 rings (SSSR count). The van der Waals surface area contributed by atoms with Gasteiger partial charge >= 0.3 is 0 Å². The first kappa shape index (κ1) is 18.7. The number of hydrogen-bond donors (Lipinski definition) is 2. The van der Waals surface area contributed by atoms with Crippen molar-refractivity contribution in [1.29, 1.82) is 0 Å². The topological polar surface area (TPSA) is 70.0 Å². The molecule has 1 aliphatic rings. The molecule has 0 unspecified atom stereocenters. The summed E-state index contributed by atoms with van der Waals surface area (Å²) in [5, 5.41) is 20.1. The smallest absolute Gasteiger partial charge is 0.227 e. The minimum atomic E-state index is -0.582. The van der Waals surface area contributed by atoms with E-state index in [1.807, 2.05) is 38.1 Å². The van der Waals surface area contributed by atoms with E-state index in [1.54, 1.807) is 4.90 Å². The summed E-state index contributed by atoms with van der Waals surface area (Å²) in [5.74, 6) is 0.844. The Morgan fingerprint density at radius 3 is 2.62 bits per heavy atom. The van der Waals surface area contributed by atoms with Gasteiger partial charge in [0.1, 0.15) is 5.75 Å². The van der Waals surface area contributed by atoms with Crippen molar-refractivity contribution in [3.63, 3.8) is 0 Å². The predicted molar refractivity (Wildman–Crippen MR) is 92.9 cm³/mol. The van der Waals surface area contributed by atoms with Crippen LogP contribution in [0.3, 0.4) is 0 Å². The van der Waals surface area contributed by atoms with Crippen LogP contribution in [-0.2, 0) is 11.2 Å². The van der Waals surface area contributed by atoms with Crippen LogP contribution in [0.1, 0.15) is 38.7 Å². The van der Waals surface area contributed by atoms with E-state index in [4.69, 9.17) is 4.74 Å². The highest BCUT2D eigenvalue weighted by Crippen LogP contribution is 2.34. The van der Waals surface area contributed by atoms with E-state index >= 15 is 0 Å². The number of likely N-dealkylation sites (tertiary alicyclic amines) is 1. The molecule has 1 amide bonds. The fraction of sp³-hybridized carbons (Fsp3) is 0.632. The van der Waals surface area contributed by atoms with Crippen LogP contribution in [0, 0.1) is 5.41 Å². The first-order chi connectivity index (χ1) is 11.5. The molecule has 0 saturated carbocycles. The Morgan fingerprint density at radius 1 is 1.33 bits per heavy atom. The summed E-state index contributed by atoms with van der Waals surface area (Å²) in [6.45, 7) is 5.47. The van der Waals surface area contributed by atoms with Crippen LogP contribution in [0.4, 0.5) is 0 Å². The Morgan fingerprint density at radius 2 is 2.04 bits per heavy atom. The molecule has 1 aliphatic heterocycles. The quantitative estimate of drug-likeness (QED) is 0.800.